The molecule has 0 unspecified atom stereocenters. The van der Waals surface area contributed by atoms with E-state index < -0.39 is 33.2 Å². The van der Waals surface area contributed by atoms with Gasteiger partial charge in [-0.15, -0.1) is 23.5 Å². The van der Waals surface area contributed by atoms with Gasteiger partial charge in [0.2, 0.25) is 0 Å². The van der Waals surface area contributed by atoms with Gasteiger partial charge >= 0.3 is 6.18 Å². The van der Waals surface area contributed by atoms with Crippen molar-refractivity contribution < 1.29 is 26.1 Å². The highest BCUT2D eigenvalue weighted by molar-refractivity contribution is 7.99. The second-order valence-electron chi connectivity index (χ2n) is 9.99. The van der Waals surface area contributed by atoms with Crippen LogP contribution in [0.15, 0.2) is 87.4 Å². The molecule has 0 N–H and O–H groups in total. The zero-order valence-corrected chi connectivity index (χ0v) is 26.8. The number of nitrogens with zero attached hydrogens (tertiary/aromatic N) is 4. The van der Waals surface area contributed by atoms with E-state index in [1.165, 1.54) is 28.6 Å². The molecule has 0 saturated heterocycles. The van der Waals surface area contributed by atoms with E-state index in [0.717, 1.165) is 21.9 Å². The van der Waals surface area contributed by atoms with Crippen molar-refractivity contribution >= 4 is 45.2 Å². The van der Waals surface area contributed by atoms with Crippen molar-refractivity contribution in [2.24, 2.45) is 0 Å². The smallest absolute Gasteiger partial charge is 0.416 e. The van der Waals surface area contributed by atoms with Crippen LogP contribution < -0.4 is 5.56 Å². The summed E-state index contributed by atoms with van der Waals surface area (Å²) < 4.78 is 74.2. The monoisotopic (exact) mass is 693 g/mol. The van der Waals surface area contributed by atoms with E-state index in [0.29, 0.717) is 45.4 Å². The molecule has 0 radical (unpaired) electrons. The Morgan fingerprint density at radius 2 is 1.62 bits per heavy atom. The van der Waals surface area contributed by atoms with Crippen LogP contribution in [0.2, 0.25) is 5.02 Å². The first kappa shape index (κ1) is 33.1. The number of benzene rings is 3. The number of hydrogen-bond donors (Lipinski definition) is 0. The van der Waals surface area contributed by atoms with Crippen molar-refractivity contribution in [1.29, 1.82) is 0 Å². The zero-order valence-electron chi connectivity index (χ0n) is 23.6. The molecule has 236 valence electrons. The Hall–Kier alpha value is -3.30. The number of fused-ring (bicyclic) bond motifs is 1. The van der Waals surface area contributed by atoms with Crippen LogP contribution in [0.25, 0.3) is 28.3 Å². The van der Waals surface area contributed by atoms with Gasteiger partial charge in [0.05, 0.1) is 38.6 Å². The summed E-state index contributed by atoms with van der Waals surface area (Å²) in [6.45, 7) is -0.0431. The molecular weight excluding hydrogens is 669 g/mol. The molecule has 3 aromatic carbocycles. The summed E-state index contributed by atoms with van der Waals surface area (Å²) in [5, 5.41) is 9.51. The number of alkyl halides is 3. The van der Waals surface area contributed by atoms with E-state index >= 15 is 0 Å². The van der Waals surface area contributed by atoms with Gasteiger partial charge in [0.25, 0.3) is 5.56 Å². The Bertz CT molecular complexity index is 1950. The highest BCUT2D eigenvalue weighted by Crippen LogP contribution is 2.35. The van der Waals surface area contributed by atoms with E-state index in [4.69, 9.17) is 11.6 Å². The molecule has 0 amide bonds. The number of hydrogen-bond acceptors (Lipinski definition) is 8. The van der Waals surface area contributed by atoms with E-state index in [1.807, 2.05) is 42.7 Å². The van der Waals surface area contributed by atoms with E-state index in [-0.39, 0.29) is 18.7 Å². The lowest BCUT2D eigenvalue weighted by atomic mass is 10.1. The van der Waals surface area contributed by atoms with Gasteiger partial charge in [0.15, 0.2) is 5.69 Å². The molecule has 0 fully saturated rings. The van der Waals surface area contributed by atoms with Gasteiger partial charge in [-0.2, -0.15) is 23.4 Å². The Labute approximate surface area is 270 Å². The largest absolute Gasteiger partial charge is 0.748 e. The molecule has 15 heteroatoms. The van der Waals surface area contributed by atoms with Crippen LogP contribution in [-0.2, 0) is 22.8 Å². The first-order chi connectivity index (χ1) is 21.3. The van der Waals surface area contributed by atoms with Gasteiger partial charge in [0, 0.05) is 21.1 Å². The minimum atomic E-state index is -4.47. The fraction of sp³-hybridized carbons (Fsp3) is 0.233. The lowest BCUT2D eigenvalue weighted by Crippen LogP contribution is -2.19. The maximum Gasteiger partial charge on any atom is 0.416 e. The molecule has 45 heavy (non-hydrogen) atoms. The molecule has 0 saturated carbocycles. The van der Waals surface area contributed by atoms with Crippen LogP contribution in [0.3, 0.4) is 0 Å². The minimum absolute atomic E-state index is 0.0431. The minimum Gasteiger partial charge on any atom is -0.748 e. The molecule has 0 aromatic heterocycles. The number of unbranched alkanes of at least 4 members (excludes halogenated alkanes) is 1. The molecule has 2 heterocycles. The first-order valence-electron chi connectivity index (χ1n) is 13.5. The molecule has 5 rings (SSSR count). The van der Waals surface area contributed by atoms with Crippen molar-refractivity contribution in [3.8, 4) is 28.3 Å². The topological polar surface area (TPSA) is 110 Å². The Kier molecular flexibility index (Phi) is 9.99. The van der Waals surface area contributed by atoms with Crippen LogP contribution in [0.1, 0.15) is 24.0 Å². The predicted molar refractivity (Wildman–Crippen MR) is 170 cm³/mol. The fourth-order valence-corrected chi connectivity index (χ4v) is 6.80. The summed E-state index contributed by atoms with van der Waals surface area (Å²) in [4.78, 5) is 15.2. The molecule has 3 aromatic rings. The molecule has 0 atom stereocenters. The van der Waals surface area contributed by atoms with Gasteiger partial charge in [-0.05, 0) is 85.0 Å². The summed E-state index contributed by atoms with van der Waals surface area (Å²) >= 11 is 9.82. The number of thioether (sulfide) groups is 2. The van der Waals surface area contributed by atoms with Crippen LogP contribution in [-0.4, -0.2) is 50.3 Å². The lowest BCUT2D eigenvalue weighted by Gasteiger charge is -2.16. The number of rotatable bonds is 11. The van der Waals surface area contributed by atoms with Crippen molar-refractivity contribution in [3.05, 3.63) is 99.3 Å². The summed E-state index contributed by atoms with van der Waals surface area (Å²) in [6, 6.07) is 19.3. The third-order valence-electron chi connectivity index (χ3n) is 6.81. The lowest BCUT2D eigenvalue weighted by molar-refractivity contribution is -0.137. The van der Waals surface area contributed by atoms with Crippen molar-refractivity contribution in [3.63, 3.8) is 0 Å². The van der Waals surface area contributed by atoms with Crippen molar-refractivity contribution in [2.45, 2.75) is 35.4 Å². The second kappa shape index (κ2) is 13.6. The zero-order chi connectivity index (χ0) is 32.4. The summed E-state index contributed by atoms with van der Waals surface area (Å²) in [7, 11) is -4.24. The maximum absolute atomic E-state index is 13.4. The van der Waals surface area contributed by atoms with Gasteiger partial charge in [-0.25, -0.2) is 17.8 Å². The van der Waals surface area contributed by atoms with Crippen molar-refractivity contribution in [2.75, 3.05) is 17.8 Å². The Morgan fingerprint density at radius 1 is 0.933 bits per heavy atom. The second-order valence-corrected chi connectivity index (χ2v) is 14.0. The summed E-state index contributed by atoms with van der Waals surface area (Å²) in [5.74, 6) is 0.203. The van der Waals surface area contributed by atoms with Crippen LogP contribution >= 0.6 is 35.1 Å². The van der Waals surface area contributed by atoms with Crippen LogP contribution in [0.4, 0.5) is 13.2 Å². The summed E-state index contributed by atoms with van der Waals surface area (Å²) in [5.41, 5.74) is 1.42. The average Bonchev–Trinajstić information content (AvgIpc) is 3.29. The van der Waals surface area contributed by atoms with E-state index in [2.05, 4.69) is 10.2 Å². The third kappa shape index (κ3) is 8.11. The molecule has 2 aliphatic rings. The molecule has 0 spiro atoms. The van der Waals surface area contributed by atoms with Crippen LogP contribution in [0.5, 0.6) is 0 Å². The molecule has 0 bridgehead atoms. The Morgan fingerprint density at radius 3 is 2.24 bits per heavy atom. The third-order valence-corrected chi connectivity index (χ3v) is 9.74. The predicted octanol–water partition coefficient (Wildman–Crippen LogP) is 7.06. The highest BCUT2D eigenvalue weighted by atomic mass is 35.5. The van der Waals surface area contributed by atoms with Crippen LogP contribution in [0, 0.1) is 0 Å². The SMILES string of the molecule is CSc1ccc(-n2nc3c(=O)n(Cc4ccc(C(F)(F)F)cc4)nc-3cc2-c2ccc(SCCCCS(=O)(=O)[O-])cc2Cl)cc1. The molecular formula is C30H25ClF3N4O4S3-. The molecule has 2 aliphatic heterocycles. The molecule has 0 aliphatic carbocycles. The van der Waals surface area contributed by atoms with Gasteiger partial charge in [0.1, 0.15) is 5.69 Å². The van der Waals surface area contributed by atoms with E-state index in [1.54, 1.807) is 28.6 Å². The summed E-state index contributed by atoms with van der Waals surface area (Å²) in [6.07, 6.45) is -1.69. The normalized spacial score (nSPS) is 12.2. The van der Waals surface area contributed by atoms with Gasteiger partial charge < -0.3 is 4.55 Å². The maximum atomic E-state index is 13.4. The number of aromatic nitrogens is 4. The van der Waals surface area contributed by atoms with E-state index in [9.17, 15) is 30.9 Å². The number of halogens is 4. The Balaban J connectivity index is 1.50. The quantitative estimate of drug-likeness (QED) is 0.0822. The van der Waals surface area contributed by atoms with Crippen molar-refractivity contribution in [1.82, 2.24) is 19.6 Å². The molecule has 8 nitrogen and oxygen atoms in total. The fourth-order valence-electron chi connectivity index (χ4n) is 4.55. The van der Waals surface area contributed by atoms with Gasteiger partial charge in [-0.3, -0.25) is 4.79 Å². The van der Waals surface area contributed by atoms with Gasteiger partial charge in [-0.1, -0.05) is 29.8 Å². The average molecular weight is 694 g/mol. The highest BCUT2D eigenvalue weighted by Gasteiger charge is 2.30. The standard InChI is InChI=1S/C30H26ClF3N4O4S3/c1-43-22-10-8-21(9-11-22)38-27(24-13-12-23(16-25(24)31)44-14-2-3-15-45(40,41)42)17-26-28(36-38)29(39)37(35-26)18-19-4-6-20(7-5-19)30(32,33)34/h4-13,16-17H,2-3,14-15,18H2,1H3,(H,40,41,42)/p-1. The first-order valence-corrected chi connectivity index (χ1v) is 17.7.